The summed E-state index contributed by atoms with van der Waals surface area (Å²) in [6.07, 6.45) is 0. The SMILES string of the molecule is CC(=O)N(CCNC(=O)C(C)C)c1ccc(C(C)C)cc1. The molecule has 21 heavy (non-hydrogen) atoms. The van der Waals surface area contributed by atoms with E-state index in [0.717, 1.165) is 5.69 Å². The largest absolute Gasteiger partial charge is 0.354 e. The monoisotopic (exact) mass is 290 g/mol. The fourth-order valence-electron chi connectivity index (χ4n) is 2.00. The van der Waals surface area contributed by atoms with Gasteiger partial charge in [0.2, 0.25) is 11.8 Å². The molecule has 116 valence electrons. The van der Waals surface area contributed by atoms with Crippen LogP contribution in [0.2, 0.25) is 0 Å². The van der Waals surface area contributed by atoms with E-state index in [1.54, 1.807) is 11.8 Å². The molecule has 2 amide bonds. The summed E-state index contributed by atoms with van der Waals surface area (Å²) in [5.74, 6) is 0.413. The van der Waals surface area contributed by atoms with Crippen molar-refractivity contribution in [1.29, 1.82) is 0 Å². The lowest BCUT2D eigenvalue weighted by Gasteiger charge is -2.22. The van der Waals surface area contributed by atoms with Crippen molar-refractivity contribution in [1.82, 2.24) is 5.32 Å². The number of anilines is 1. The molecule has 0 aliphatic rings. The molecule has 0 fully saturated rings. The quantitative estimate of drug-likeness (QED) is 0.875. The lowest BCUT2D eigenvalue weighted by molar-refractivity contribution is -0.124. The highest BCUT2D eigenvalue weighted by molar-refractivity contribution is 5.91. The van der Waals surface area contributed by atoms with Crippen molar-refractivity contribution in [2.24, 2.45) is 5.92 Å². The second-order valence-electron chi connectivity index (χ2n) is 5.86. The van der Waals surface area contributed by atoms with Crippen molar-refractivity contribution in [3.63, 3.8) is 0 Å². The Balaban J connectivity index is 2.69. The third-order valence-corrected chi connectivity index (χ3v) is 3.41. The van der Waals surface area contributed by atoms with Gasteiger partial charge >= 0.3 is 0 Å². The molecule has 0 aliphatic heterocycles. The van der Waals surface area contributed by atoms with Crippen LogP contribution in [0.25, 0.3) is 0 Å². The lowest BCUT2D eigenvalue weighted by Crippen LogP contribution is -2.38. The Morgan fingerprint density at radius 1 is 1.10 bits per heavy atom. The van der Waals surface area contributed by atoms with Gasteiger partial charge in [-0.1, -0.05) is 39.8 Å². The number of carbonyl (C=O) groups excluding carboxylic acids is 2. The molecule has 4 nitrogen and oxygen atoms in total. The summed E-state index contributed by atoms with van der Waals surface area (Å²) in [4.78, 5) is 25.0. The minimum Gasteiger partial charge on any atom is -0.354 e. The molecule has 0 saturated heterocycles. The van der Waals surface area contributed by atoms with Gasteiger partial charge in [-0.3, -0.25) is 9.59 Å². The molecule has 0 aliphatic carbocycles. The standard InChI is InChI=1S/C17H26N2O2/c1-12(2)15-6-8-16(9-7-15)19(14(5)20)11-10-18-17(21)13(3)4/h6-9,12-13H,10-11H2,1-5H3,(H,18,21). The number of nitrogens with zero attached hydrogens (tertiary/aromatic N) is 1. The zero-order chi connectivity index (χ0) is 16.0. The third-order valence-electron chi connectivity index (χ3n) is 3.41. The molecule has 0 aromatic heterocycles. The van der Waals surface area contributed by atoms with E-state index >= 15 is 0 Å². The Bertz CT molecular complexity index is 478. The first-order valence-electron chi connectivity index (χ1n) is 7.48. The topological polar surface area (TPSA) is 49.4 Å². The van der Waals surface area contributed by atoms with E-state index in [1.807, 2.05) is 38.1 Å². The van der Waals surface area contributed by atoms with E-state index in [0.29, 0.717) is 19.0 Å². The first kappa shape index (κ1) is 17.2. The van der Waals surface area contributed by atoms with E-state index in [-0.39, 0.29) is 17.7 Å². The van der Waals surface area contributed by atoms with Crippen molar-refractivity contribution in [3.8, 4) is 0 Å². The number of benzene rings is 1. The van der Waals surface area contributed by atoms with Gasteiger partial charge in [0.15, 0.2) is 0 Å². The molecule has 0 heterocycles. The maximum absolute atomic E-state index is 11.8. The van der Waals surface area contributed by atoms with E-state index in [1.165, 1.54) is 5.56 Å². The van der Waals surface area contributed by atoms with Crippen molar-refractivity contribution >= 4 is 17.5 Å². The van der Waals surface area contributed by atoms with Crippen molar-refractivity contribution < 1.29 is 9.59 Å². The molecular formula is C17H26N2O2. The summed E-state index contributed by atoms with van der Waals surface area (Å²) >= 11 is 0. The van der Waals surface area contributed by atoms with Crippen LogP contribution in [0.4, 0.5) is 5.69 Å². The fraction of sp³-hybridized carbons (Fsp3) is 0.529. The van der Waals surface area contributed by atoms with Gasteiger partial charge in [0.25, 0.3) is 0 Å². The Kier molecular flexibility index (Phi) is 6.40. The van der Waals surface area contributed by atoms with E-state index < -0.39 is 0 Å². The molecule has 1 rings (SSSR count). The number of nitrogens with one attached hydrogen (secondary N) is 1. The number of hydrogen-bond acceptors (Lipinski definition) is 2. The van der Waals surface area contributed by atoms with Crippen molar-refractivity contribution in [2.75, 3.05) is 18.0 Å². The lowest BCUT2D eigenvalue weighted by atomic mass is 10.0. The summed E-state index contributed by atoms with van der Waals surface area (Å²) in [5, 5.41) is 2.83. The first-order chi connectivity index (χ1) is 9.82. The van der Waals surface area contributed by atoms with Gasteiger partial charge < -0.3 is 10.2 Å². The van der Waals surface area contributed by atoms with Crippen LogP contribution in [0.5, 0.6) is 0 Å². The number of carbonyl (C=O) groups is 2. The number of hydrogen-bond donors (Lipinski definition) is 1. The molecule has 0 spiro atoms. The molecule has 4 heteroatoms. The van der Waals surface area contributed by atoms with E-state index in [4.69, 9.17) is 0 Å². The van der Waals surface area contributed by atoms with Crippen LogP contribution >= 0.6 is 0 Å². The Morgan fingerprint density at radius 3 is 2.10 bits per heavy atom. The normalized spacial score (nSPS) is 10.8. The molecule has 0 saturated carbocycles. The molecule has 1 N–H and O–H groups in total. The minimum atomic E-state index is -0.0406. The van der Waals surface area contributed by atoms with Crippen LogP contribution in [0.1, 0.15) is 46.1 Å². The van der Waals surface area contributed by atoms with Gasteiger partial charge in [0, 0.05) is 31.6 Å². The first-order valence-corrected chi connectivity index (χ1v) is 7.48. The van der Waals surface area contributed by atoms with Crippen LogP contribution in [0, 0.1) is 5.92 Å². The van der Waals surface area contributed by atoms with Gasteiger partial charge in [0.05, 0.1) is 0 Å². The maximum Gasteiger partial charge on any atom is 0.223 e. The molecular weight excluding hydrogens is 264 g/mol. The van der Waals surface area contributed by atoms with Crippen molar-refractivity contribution in [3.05, 3.63) is 29.8 Å². The zero-order valence-corrected chi connectivity index (χ0v) is 13.6. The summed E-state index contributed by atoms with van der Waals surface area (Å²) in [7, 11) is 0. The second-order valence-corrected chi connectivity index (χ2v) is 5.86. The van der Waals surface area contributed by atoms with Gasteiger partial charge in [-0.05, 0) is 23.6 Å². The molecule has 1 aromatic carbocycles. The van der Waals surface area contributed by atoms with Crippen LogP contribution in [-0.4, -0.2) is 24.9 Å². The van der Waals surface area contributed by atoms with Gasteiger partial charge in [-0.25, -0.2) is 0 Å². The van der Waals surface area contributed by atoms with Crippen LogP contribution in [0.15, 0.2) is 24.3 Å². The molecule has 1 aromatic rings. The third kappa shape index (κ3) is 5.21. The van der Waals surface area contributed by atoms with E-state index in [2.05, 4.69) is 19.2 Å². The van der Waals surface area contributed by atoms with Gasteiger partial charge in [-0.15, -0.1) is 0 Å². The van der Waals surface area contributed by atoms with Gasteiger partial charge in [0.1, 0.15) is 0 Å². The average Bonchev–Trinajstić information content (AvgIpc) is 2.42. The van der Waals surface area contributed by atoms with Crippen LogP contribution in [0.3, 0.4) is 0 Å². The van der Waals surface area contributed by atoms with Crippen molar-refractivity contribution in [2.45, 2.75) is 40.5 Å². The highest BCUT2D eigenvalue weighted by atomic mass is 16.2. The van der Waals surface area contributed by atoms with E-state index in [9.17, 15) is 9.59 Å². The maximum atomic E-state index is 11.8. The summed E-state index contributed by atoms with van der Waals surface area (Å²) in [6.45, 7) is 10.5. The Hall–Kier alpha value is -1.84. The summed E-state index contributed by atoms with van der Waals surface area (Å²) in [6, 6.07) is 8.01. The number of amides is 2. The molecule has 0 unspecified atom stereocenters. The smallest absolute Gasteiger partial charge is 0.223 e. The predicted octanol–water partition coefficient (Wildman–Crippen LogP) is 2.94. The highest BCUT2D eigenvalue weighted by Gasteiger charge is 2.13. The second kappa shape index (κ2) is 7.81. The molecule has 0 atom stereocenters. The highest BCUT2D eigenvalue weighted by Crippen LogP contribution is 2.20. The Morgan fingerprint density at radius 2 is 1.67 bits per heavy atom. The fourth-order valence-corrected chi connectivity index (χ4v) is 2.00. The average molecular weight is 290 g/mol. The van der Waals surface area contributed by atoms with Gasteiger partial charge in [-0.2, -0.15) is 0 Å². The van der Waals surface area contributed by atoms with Crippen LogP contribution in [-0.2, 0) is 9.59 Å². The summed E-state index contributed by atoms with van der Waals surface area (Å²) in [5.41, 5.74) is 2.11. The molecule has 0 bridgehead atoms. The molecule has 0 radical (unpaired) electrons. The predicted molar refractivity (Wildman–Crippen MR) is 86.4 cm³/mol. The van der Waals surface area contributed by atoms with Crippen LogP contribution < -0.4 is 10.2 Å². The summed E-state index contributed by atoms with van der Waals surface area (Å²) < 4.78 is 0. The Labute approximate surface area is 127 Å². The zero-order valence-electron chi connectivity index (χ0n) is 13.6. The minimum absolute atomic E-state index is 0.00802. The number of rotatable bonds is 6.